The van der Waals surface area contributed by atoms with Gasteiger partial charge in [0, 0.05) is 0 Å². The Labute approximate surface area is 99.6 Å². The fourth-order valence-electron chi connectivity index (χ4n) is 2.11. The predicted octanol–water partition coefficient (Wildman–Crippen LogP) is 2.67. The molecular weight excluding hydrogens is 220 g/mol. The molecule has 0 aliphatic carbocycles. The first kappa shape index (κ1) is 13.7. The Morgan fingerprint density at radius 2 is 1.81 bits per heavy atom. The zero-order chi connectivity index (χ0) is 12.2. The average molecular weight is 244 g/mol. The van der Waals surface area contributed by atoms with Gasteiger partial charge in [-0.25, -0.2) is 0 Å². The van der Waals surface area contributed by atoms with Gasteiger partial charge >= 0.3 is 0 Å². The molecule has 0 bridgehead atoms. The number of aliphatic hydroxyl groups is 1. The normalized spacial score (nSPS) is 30.2. The second-order valence-electron chi connectivity index (χ2n) is 4.49. The number of rotatable bonds is 5. The maximum absolute atomic E-state index is 10.0. The molecule has 1 aliphatic heterocycles. The van der Waals surface area contributed by atoms with Crippen LogP contribution >= 0.6 is 0 Å². The van der Waals surface area contributed by atoms with Crippen molar-refractivity contribution in [1.82, 2.24) is 0 Å². The molecule has 3 atom stereocenters. The van der Waals surface area contributed by atoms with Crippen LogP contribution in [0.1, 0.15) is 27.7 Å². The summed E-state index contributed by atoms with van der Waals surface area (Å²) >= 11 is 0. The Balaban J connectivity index is 2.71. The van der Waals surface area contributed by atoms with Gasteiger partial charge in [-0.05, 0) is 31.1 Å². The van der Waals surface area contributed by atoms with Crippen molar-refractivity contribution >= 4 is 8.32 Å². The van der Waals surface area contributed by atoms with Crippen LogP contribution in [0.4, 0.5) is 0 Å². The third-order valence-electron chi connectivity index (χ3n) is 3.70. The van der Waals surface area contributed by atoms with Crippen LogP contribution in [0.2, 0.25) is 18.1 Å². The molecule has 3 nitrogen and oxygen atoms in total. The first-order chi connectivity index (χ1) is 7.58. The van der Waals surface area contributed by atoms with Gasteiger partial charge < -0.3 is 14.3 Å². The Kier molecular flexibility index (Phi) is 5.02. The lowest BCUT2D eigenvalue weighted by Crippen LogP contribution is -2.48. The minimum atomic E-state index is -1.64. The van der Waals surface area contributed by atoms with Crippen LogP contribution in [0.5, 0.6) is 0 Å². The van der Waals surface area contributed by atoms with E-state index in [0.717, 1.165) is 18.1 Å². The molecule has 94 valence electrons. The Hall–Kier alpha value is -0.323. The molecule has 1 aliphatic rings. The third kappa shape index (κ3) is 2.87. The topological polar surface area (TPSA) is 38.7 Å². The summed E-state index contributed by atoms with van der Waals surface area (Å²) in [6, 6.07) is 3.31. The van der Waals surface area contributed by atoms with Gasteiger partial charge in [-0.2, -0.15) is 0 Å². The van der Waals surface area contributed by atoms with Crippen molar-refractivity contribution in [2.45, 2.75) is 64.1 Å². The highest BCUT2D eigenvalue weighted by Crippen LogP contribution is 2.27. The zero-order valence-corrected chi connectivity index (χ0v) is 11.8. The fraction of sp³-hybridized carbons (Fsp3) is 0.833. The van der Waals surface area contributed by atoms with Crippen LogP contribution in [0, 0.1) is 0 Å². The van der Waals surface area contributed by atoms with Crippen molar-refractivity contribution in [3.63, 3.8) is 0 Å². The molecule has 0 unspecified atom stereocenters. The Morgan fingerprint density at radius 3 is 2.31 bits per heavy atom. The van der Waals surface area contributed by atoms with Crippen LogP contribution in [0.3, 0.4) is 0 Å². The molecule has 0 saturated heterocycles. The highest BCUT2D eigenvalue weighted by molar-refractivity contribution is 6.73. The van der Waals surface area contributed by atoms with Gasteiger partial charge in [0.25, 0.3) is 0 Å². The van der Waals surface area contributed by atoms with Crippen LogP contribution in [-0.2, 0) is 9.16 Å². The molecule has 1 heterocycles. The van der Waals surface area contributed by atoms with Gasteiger partial charge in [0.15, 0.2) is 8.32 Å². The van der Waals surface area contributed by atoms with E-state index in [-0.39, 0.29) is 12.2 Å². The second kappa shape index (κ2) is 5.84. The third-order valence-corrected chi connectivity index (χ3v) is 8.34. The molecule has 0 amide bonds. The van der Waals surface area contributed by atoms with Gasteiger partial charge in [0.2, 0.25) is 0 Å². The summed E-state index contributed by atoms with van der Waals surface area (Å²) in [5.41, 5.74) is 0. The van der Waals surface area contributed by atoms with E-state index in [4.69, 9.17) is 9.16 Å². The van der Waals surface area contributed by atoms with Crippen molar-refractivity contribution in [3.05, 3.63) is 12.3 Å². The molecule has 1 N–H and O–H groups in total. The fourth-order valence-corrected chi connectivity index (χ4v) is 4.90. The van der Waals surface area contributed by atoms with Crippen LogP contribution in [0.25, 0.3) is 0 Å². The summed E-state index contributed by atoms with van der Waals surface area (Å²) < 4.78 is 11.5. The van der Waals surface area contributed by atoms with Gasteiger partial charge in [-0.1, -0.05) is 20.8 Å². The van der Waals surface area contributed by atoms with Crippen molar-refractivity contribution < 1.29 is 14.3 Å². The van der Waals surface area contributed by atoms with Gasteiger partial charge in [-0.15, -0.1) is 0 Å². The lowest BCUT2D eigenvalue weighted by Gasteiger charge is -2.37. The zero-order valence-electron chi connectivity index (χ0n) is 10.8. The van der Waals surface area contributed by atoms with E-state index < -0.39 is 14.4 Å². The Bertz CT molecular complexity index is 230. The Morgan fingerprint density at radius 1 is 1.25 bits per heavy atom. The van der Waals surface area contributed by atoms with Crippen LogP contribution < -0.4 is 0 Å². The van der Waals surface area contributed by atoms with E-state index >= 15 is 0 Å². The molecule has 0 saturated carbocycles. The summed E-state index contributed by atoms with van der Waals surface area (Å²) in [6.07, 6.45) is 2.60. The summed E-state index contributed by atoms with van der Waals surface area (Å²) in [4.78, 5) is 0. The SMILES string of the molecule is CC[Si](CC)(CC)O[C@H]1C=CO[C@@H](C)[C@@H]1O. The molecule has 16 heavy (non-hydrogen) atoms. The lowest BCUT2D eigenvalue weighted by atomic mass is 10.1. The van der Waals surface area contributed by atoms with Crippen molar-refractivity contribution in [2.24, 2.45) is 0 Å². The predicted molar refractivity (Wildman–Crippen MR) is 67.8 cm³/mol. The number of hydrogen-bond acceptors (Lipinski definition) is 3. The van der Waals surface area contributed by atoms with Crippen molar-refractivity contribution in [3.8, 4) is 0 Å². The maximum atomic E-state index is 10.0. The molecule has 0 aromatic carbocycles. The quantitative estimate of drug-likeness (QED) is 0.756. The summed E-state index contributed by atoms with van der Waals surface area (Å²) in [5.74, 6) is 0. The summed E-state index contributed by atoms with van der Waals surface area (Å²) in [7, 11) is -1.64. The van der Waals surface area contributed by atoms with Crippen LogP contribution in [-0.4, -0.2) is 31.7 Å². The second-order valence-corrected chi connectivity index (χ2v) is 9.21. The first-order valence-electron chi connectivity index (χ1n) is 6.26. The maximum Gasteiger partial charge on any atom is 0.193 e. The molecule has 0 spiro atoms. The number of ether oxygens (including phenoxy) is 1. The average Bonchev–Trinajstić information content (AvgIpc) is 2.32. The highest BCUT2D eigenvalue weighted by atomic mass is 28.4. The van der Waals surface area contributed by atoms with Gasteiger partial charge in [0.05, 0.1) is 12.4 Å². The van der Waals surface area contributed by atoms with E-state index in [2.05, 4.69) is 20.8 Å². The van der Waals surface area contributed by atoms with Crippen molar-refractivity contribution in [1.29, 1.82) is 0 Å². The molecule has 1 rings (SSSR count). The summed E-state index contributed by atoms with van der Waals surface area (Å²) in [5, 5.41) is 10.0. The van der Waals surface area contributed by atoms with Crippen LogP contribution in [0.15, 0.2) is 12.3 Å². The molecule has 0 fully saturated rings. The molecule has 0 aromatic heterocycles. The molecule has 4 heteroatoms. The van der Waals surface area contributed by atoms with E-state index in [1.165, 1.54) is 0 Å². The number of hydrogen-bond donors (Lipinski definition) is 1. The van der Waals surface area contributed by atoms with E-state index in [0.29, 0.717) is 0 Å². The summed E-state index contributed by atoms with van der Waals surface area (Å²) in [6.45, 7) is 8.45. The lowest BCUT2D eigenvalue weighted by molar-refractivity contribution is -0.0492. The number of aliphatic hydroxyl groups excluding tert-OH is 1. The monoisotopic (exact) mass is 244 g/mol. The molecular formula is C12H24O3Si. The minimum Gasteiger partial charge on any atom is -0.496 e. The smallest absolute Gasteiger partial charge is 0.193 e. The van der Waals surface area contributed by atoms with E-state index in [9.17, 15) is 5.11 Å². The minimum absolute atomic E-state index is 0.174. The van der Waals surface area contributed by atoms with Gasteiger partial charge in [0.1, 0.15) is 12.2 Å². The molecule has 0 aromatic rings. The van der Waals surface area contributed by atoms with Crippen molar-refractivity contribution in [2.75, 3.05) is 0 Å². The standard InChI is InChI=1S/C12H24O3Si/c1-5-16(6-2,7-3)15-11-8-9-14-10(4)12(11)13/h8-13H,5-7H2,1-4H3/t10-,11-,12-/m0/s1. The highest BCUT2D eigenvalue weighted by Gasteiger charge is 2.36. The van der Waals surface area contributed by atoms with Gasteiger partial charge in [-0.3, -0.25) is 0 Å². The first-order valence-corrected chi connectivity index (χ1v) is 8.79. The van der Waals surface area contributed by atoms with E-state index in [1.807, 2.05) is 13.0 Å². The largest absolute Gasteiger partial charge is 0.496 e. The van der Waals surface area contributed by atoms with E-state index in [1.54, 1.807) is 6.26 Å². The molecule has 0 radical (unpaired) electrons.